The third-order valence-corrected chi connectivity index (χ3v) is 4.13. The summed E-state index contributed by atoms with van der Waals surface area (Å²) in [4.78, 5) is 25.5. The number of amides is 2. The highest BCUT2D eigenvalue weighted by Crippen LogP contribution is 2.20. The molecule has 2 amide bonds. The van der Waals surface area contributed by atoms with Crippen LogP contribution in [0.15, 0.2) is 30.3 Å². The Hall–Kier alpha value is -1.36. The second-order valence-corrected chi connectivity index (χ2v) is 6.26. The lowest BCUT2D eigenvalue weighted by Crippen LogP contribution is -2.40. The Morgan fingerprint density at radius 3 is 2.81 bits per heavy atom. The van der Waals surface area contributed by atoms with Crippen molar-refractivity contribution in [3.05, 3.63) is 35.9 Å². The van der Waals surface area contributed by atoms with Gasteiger partial charge in [0, 0.05) is 11.8 Å². The maximum atomic E-state index is 12.4. The molecule has 1 aromatic rings. The number of hydrogen-bond donors (Lipinski definition) is 0. The first kappa shape index (κ1) is 16.0. The fourth-order valence-electron chi connectivity index (χ4n) is 2.49. The molecule has 1 fully saturated rings. The summed E-state index contributed by atoms with van der Waals surface area (Å²) < 4.78 is 5.07. The van der Waals surface area contributed by atoms with E-state index in [0.29, 0.717) is 12.8 Å². The number of carbonyl (C=O) groups is 2. The van der Waals surface area contributed by atoms with Gasteiger partial charge in [-0.15, -0.1) is 0 Å². The van der Waals surface area contributed by atoms with E-state index in [4.69, 9.17) is 4.74 Å². The lowest BCUT2D eigenvalue weighted by molar-refractivity contribution is -0.130. The van der Waals surface area contributed by atoms with Crippen molar-refractivity contribution in [3.63, 3.8) is 0 Å². The van der Waals surface area contributed by atoms with Crippen molar-refractivity contribution in [2.45, 2.75) is 32.2 Å². The molecule has 5 heteroatoms. The maximum Gasteiger partial charge on any atom is 0.416 e. The number of carbonyl (C=O) groups excluding carboxylic acids is 2. The average Bonchev–Trinajstić information content (AvgIpc) is 2.81. The first-order valence-corrected chi connectivity index (χ1v) is 8.32. The number of alkyl halides is 1. The zero-order valence-corrected chi connectivity index (χ0v) is 13.7. The molecule has 2 rings (SSSR count). The van der Waals surface area contributed by atoms with E-state index < -0.39 is 6.09 Å². The Labute approximate surface area is 133 Å². The van der Waals surface area contributed by atoms with Gasteiger partial charge in [-0.1, -0.05) is 53.2 Å². The Bertz CT molecular complexity index is 492. The van der Waals surface area contributed by atoms with Crippen LogP contribution in [0.1, 0.15) is 25.3 Å². The van der Waals surface area contributed by atoms with Crippen LogP contribution in [-0.4, -0.2) is 34.9 Å². The van der Waals surface area contributed by atoms with Crippen LogP contribution in [0.3, 0.4) is 0 Å². The van der Waals surface area contributed by atoms with Gasteiger partial charge in [0.15, 0.2) is 0 Å². The lowest BCUT2D eigenvalue weighted by atomic mass is 10.0. The van der Waals surface area contributed by atoms with Crippen LogP contribution >= 0.6 is 15.9 Å². The largest absolute Gasteiger partial charge is 0.447 e. The van der Waals surface area contributed by atoms with Gasteiger partial charge in [-0.3, -0.25) is 4.79 Å². The smallest absolute Gasteiger partial charge is 0.416 e. The molecule has 21 heavy (non-hydrogen) atoms. The molecule has 1 aromatic carbocycles. The van der Waals surface area contributed by atoms with Crippen LogP contribution in [0.2, 0.25) is 0 Å². The van der Waals surface area contributed by atoms with E-state index in [-0.39, 0.29) is 24.5 Å². The number of cyclic esters (lactones) is 1. The number of ether oxygens (including phenoxy) is 1. The van der Waals surface area contributed by atoms with Gasteiger partial charge in [-0.05, 0) is 24.3 Å². The Morgan fingerprint density at radius 2 is 2.14 bits per heavy atom. The van der Waals surface area contributed by atoms with Gasteiger partial charge in [0.05, 0.1) is 6.04 Å². The van der Waals surface area contributed by atoms with Crippen LogP contribution in [0.25, 0.3) is 0 Å². The molecule has 1 saturated heterocycles. The summed E-state index contributed by atoms with van der Waals surface area (Å²) in [6, 6.07) is 9.67. The van der Waals surface area contributed by atoms with Gasteiger partial charge < -0.3 is 4.74 Å². The van der Waals surface area contributed by atoms with Gasteiger partial charge in [-0.2, -0.15) is 0 Å². The van der Waals surface area contributed by atoms with E-state index in [1.54, 1.807) is 0 Å². The molecule has 1 aliphatic heterocycles. The van der Waals surface area contributed by atoms with E-state index in [1.165, 1.54) is 4.90 Å². The summed E-state index contributed by atoms with van der Waals surface area (Å²) in [6.45, 7) is 2.30. The molecule has 1 heterocycles. The zero-order valence-electron chi connectivity index (χ0n) is 12.1. The Kier molecular flexibility index (Phi) is 5.79. The van der Waals surface area contributed by atoms with Gasteiger partial charge in [0.1, 0.15) is 6.61 Å². The number of rotatable bonds is 6. The molecular formula is C16H20BrNO3. The monoisotopic (exact) mass is 353 g/mol. The van der Waals surface area contributed by atoms with Gasteiger partial charge >= 0.3 is 6.09 Å². The van der Waals surface area contributed by atoms with Crippen molar-refractivity contribution < 1.29 is 14.3 Å². The van der Waals surface area contributed by atoms with Crippen molar-refractivity contribution in [2.24, 2.45) is 5.92 Å². The van der Waals surface area contributed by atoms with E-state index in [2.05, 4.69) is 15.9 Å². The zero-order chi connectivity index (χ0) is 15.2. The molecule has 0 bridgehead atoms. The van der Waals surface area contributed by atoms with Crippen LogP contribution in [0, 0.1) is 5.92 Å². The second kappa shape index (κ2) is 7.59. The molecule has 114 valence electrons. The van der Waals surface area contributed by atoms with Crippen molar-refractivity contribution in [1.29, 1.82) is 0 Å². The molecule has 0 unspecified atom stereocenters. The summed E-state index contributed by atoms with van der Waals surface area (Å²) >= 11 is 3.37. The third kappa shape index (κ3) is 4.30. The molecular weight excluding hydrogens is 334 g/mol. The fraction of sp³-hybridized carbons (Fsp3) is 0.500. The second-order valence-electron chi connectivity index (χ2n) is 5.47. The van der Waals surface area contributed by atoms with Gasteiger partial charge in [0.25, 0.3) is 0 Å². The summed E-state index contributed by atoms with van der Waals surface area (Å²) in [5, 5.41) is 0.860. The molecule has 1 aliphatic rings. The molecule has 2 atom stereocenters. The van der Waals surface area contributed by atoms with Crippen LogP contribution in [0.4, 0.5) is 4.79 Å². The summed E-state index contributed by atoms with van der Waals surface area (Å²) in [7, 11) is 0. The van der Waals surface area contributed by atoms with Gasteiger partial charge in [-0.25, -0.2) is 9.69 Å². The maximum absolute atomic E-state index is 12.4. The van der Waals surface area contributed by atoms with Crippen molar-refractivity contribution in [2.75, 3.05) is 11.9 Å². The molecule has 0 N–H and O–H groups in total. The van der Waals surface area contributed by atoms with Crippen molar-refractivity contribution in [3.8, 4) is 0 Å². The minimum Gasteiger partial charge on any atom is -0.447 e. The highest BCUT2D eigenvalue weighted by atomic mass is 79.9. The van der Waals surface area contributed by atoms with E-state index in [1.807, 2.05) is 37.3 Å². The normalized spacial score (nSPS) is 19.4. The van der Waals surface area contributed by atoms with E-state index >= 15 is 0 Å². The fourth-order valence-corrected chi connectivity index (χ4v) is 3.27. The predicted octanol–water partition coefficient (Wildman–Crippen LogP) is 3.39. The standard InChI is InChI=1S/C16H20BrNO3/c1-12(7-8-17)9-15(19)18-14(11-21-16(18)20)10-13-5-3-2-4-6-13/h2-6,12,14H,7-11H2,1H3/t12-,14-/m0/s1. The highest BCUT2D eigenvalue weighted by Gasteiger charge is 2.37. The van der Waals surface area contributed by atoms with Gasteiger partial charge in [0.2, 0.25) is 5.91 Å². The predicted molar refractivity (Wildman–Crippen MR) is 84.3 cm³/mol. The third-order valence-electron chi connectivity index (χ3n) is 3.67. The number of hydrogen-bond acceptors (Lipinski definition) is 3. The van der Waals surface area contributed by atoms with Crippen LogP contribution in [0.5, 0.6) is 0 Å². The van der Waals surface area contributed by atoms with Crippen molar-refractivity contribution in [1.82, 2.24) is 4.90 Å². The number of halogens is 1. The van der Waals surface area contributed by atoms with E-state index in [9.17, 15) is 9.59 Å². The molecule has 0 radical (unpaired) electrons. The summed E-state index contributed by atoms with van der Waals surface area (Å²) in [6.07, 6.45) is 1.43. The highest BCUT2D eigenvalue weighted by molar-refractivity contribution is 9.09. The van der Waals surface area contributed by atoms with Crippen LogP contribution in [-0.2, 0) is 16.0 Å². The Morgan fingerprint density at radius 1 is 1.43 bits per heavy atom. The average molecular weight is 354 g/mol. The molecule has 0 saturated carbocycles. The molecule has 0 aliphatic carbocycles. The summed E-state index contributed by atoms with van der Waals surface area (Å²) in [5.74, 6) is 0.120. The summed E-state index contributed by atoms with van der Waals surface area (Å²) in [5.41, 5.74) is 1.10. The SMILES string of the molecule is C[C@@H](CCBr)CC(=O)N1C(=O)OC[C@@H]1Cc1ccccc1. The Balaban J connectivity index is 2.01. The quantitative estimate of drug-likeness (QED) is 0.736. The number of benzene rings is 1. The van der Waals surface area contributed by atoms with E-state index in [0.717, 1.165) is 17.3 Å². The molecule has 0 aromatic heterocycles. The van der Waals surface area contributed by atoms with Crippen LogP contribution < -0.4 is 0 Å². The first-order chi connectivity index (χ1) is 10.1. The minimum atomic E-state index is -0.507. The number of imide groups is 1. The molecule has 0 spiro atoms. The minimum absolute atomic E-state index is 0.133. The topological polar surface area (TPSA) is 46.6 Å². The number of nitrogens with zero attached hydrogens (tertiary/aromatic N) is 1. The lowest BCUT2D eigenvalue weighted by Gasteiger charge is -2.21. The molecule has 4 nitrogen and oxygen atoms in total. The van der Waals surface area contributed by atoms with Crippen molar-refractivity contribution >= 4 is 27.9 Å². The first-order valence-electron chi connectivity index (χ1n) is 7.20.